The van der Waals surface area contributed by atoms with Crippen LogP contribution in [-0.4, -0.2) is 33.5 Å². The van der Waals surface area contributed by atoms with E-state index >= 15 is 0 Å². The lowest BCUT2D eigenvalue weighted by molar-refractivity contribution is -0.242. The Balaban J connectivity index is 1.63. The van der Waals surface area contributed by atoms with Crippen molar-refractivity contribution in [3.05, 3.63) is 11.6 Å². The topological polar surface area (TPSA) is 77.8 Å². The molecule has 0 unspecified atom stereocenters. The fourth-order valence-electron chi connectivity index (χ4n) is 10.8. The highest BCUT2D eigenvalue weighted by Crippen LogP contribution is 2.75. The van der Waals surface area contributed by atoms with Gasteiger partial charge in [-0.2, -0.15) is 0 Å². The maximum Gasteiger partial charge on any atom is 0.310 e. The second-order valence-corrected chi connectivity index (χ2v) is 15.2. The Morgan fingerprint density at radius 3 is 2.21 bits per heavy atom. The molecule has 0 radical (unpaired) electrons. The summed E-state index contributed by atoms with van der Waals surface area (Å²) < 4.78 is 0. The average molecular weight is 473 g/mol. The van der Waals surface area contributed by atoms with Gasteiger partial charge in [-0.1, -0.05) is 60.1 Å². The molecular formula is C30H48O4. The first-order valence-corrected chi connectivity index (χ1v) is 13.9. The molecule has 0 bridgehead atoms. The van der Waals surface area contributed by atoms with E-state index in [1.807, 2.05) is 0 Å². The Labute approximate surface area is 206 Å². The molecular weight excluding hydrogens is 424 g/mol. The first-order chi connectivity index (χ1) is 15.6. The van der Waals surface area contributed by atoms with E-state index in [1.165, 1.54) is 5.57 Å². The van der Waals surface area contributed by atoms with Gasteiger partial charge < -0.3 is 15.3 Å². The maximum absolute atomic E-state index is 12.8. The van der Waals surface area contributed by atoms with Crippen molar-refractivity contribution in [3.8, 4) is 0 Å². The van der Waals surface area contributed by atoms with Gasteiger partial charge in [0.15, 0.2) is 0 Å². The van der Waals surface area contributed by atoms with Gasteiger partial charge in [-0.3, -0.25) is 4.79 Å². The molecule has 5 aliphatic carbocycles. The van der Waals surface area contributed by atoms with Gasteiger partial charge in [-0.15, -0.1) is 0 Å². The Hall–Kier alpha value is -0.870. The minimum Gasteiger partial charge on any atom is -0.481 e. The summed E-state index contributed by atoms with van der Waals surface area (Å²) in [6.45, 7) is 16.2. The average Bonchev–Trinajstić information content (AvgIpc) is 2.70. The van der Waals surface area contributed by atoms with Crippen LogP contribution in [0.4, 0.5) is 0 Å². The van der Waals surface area contributed by atoms with Crippen LogP contribution in [0.5, 0.6) is 0 Å². The molecule has 0 heterocycles. The minimum absolute atomic E-state index is 0.0344. The molecule has 4 fully saturated rings. The SMILES string of the molecule is CC1(C)CC[C@]2(C(=O)O)CC[C@]3(C)C(=CC[C@H]4[C@@]5(C)CC[C@H](O)C(C)(C)[C@@H]5[C@H](O)C[C@]43C)[C@H]2C1. The molecule has 192 valence electrons. The van der Waals surface area contributed by atoms with Crippen molar-refractivity contribution in [2.24, 2.45) is 50.2 Å². The van der Waals surface area contributed by atoms with Crippen molar-refractivity contribution in [3.63, 3.8) is 0 Å². The third kappa shape index (κ3) is 2.88. The van der Waals surface area contributed by atoms with Crippen molar-refractivity contribution in [1.29, 1.82) is 0 Å². The Bertz CT molecular complexity index is 919. The summed E-state index contributed by atoms with van der Waals surface area (Å²) >= 11 is 0. The van der Waals surface area contributed by atoms with Gasteiger partial charge >= 0.3 is 5.97 Å². The number of carboxylic acids is 1. The first kappa shape index (κ1) is 24.8. The molecule has 0 aromatic rings. The van der Waals surface area contributed by atoms with E-state index in [0.717, 1.165) is 57.8 Å². The van der Waals surface area contributed by atoms with Crippen LogP contribution in [0.25, 0.3) is 0 Å². The predicted molar refractivity (Wildman–Crippen MR) is 134 cm³/mol. The number of rotatable bonds is 1. The molecule has 5 aliphatic rings. The molecule has 4 heteroatoms. The molecule has 0 aromatic heterocycles. The smallest absolute Gasteiger partial charge is 0.310 e. The normalized spacial score (nSPS) is 53.4. The van der Waals surface area contributed by atoms with Crippen molar-refractivity contribution < 1.29 is 20.1 Å². The Kier molecular flexibility index (Phi) is 5.20. The largest absolute Gasteiger partial charge is 0.481 e. The van der Waals surface area contributed by atoms with E-state index in [0.29, 0.717) is 5.92 Å². The lowest BCUT2D eigenvalue weighted by atomic mass is 9.33. The molecule has 4 nitrogen and oxygen atoms in total. The second kappa shape index (κ2) is 7.12. The van der Waals surface area contributed by atoms with E-state index in [4.69, 9.17) is 0 Å². The number of aliphatic hydroxyl groups is 2. The summed E-state index contributed by atoms with van der Waals surface area (Å²) in [6, 6.07) is 0. The molecule has 4 saturated carbocycles. The predicted octanol–water partition coefficient (Wildman–Crippen LogP) is 6.20. The van der Waals surface area contributed by atoms with Crippen LogP contribution in [-0.2, 0) is 4.79 Å². The molecule has 0 amide bonds. The zero-order chi connectivity index (χ0) is 25.1. The summed E-state index contributed by atoms with van der Waals surface area (Å²) in [5.41, 5.74) is 0.421. The summed E-state index contributed by atoms with van der Waals surface area (Å²) in [5.74, 6) is 0.0121. The quantitative estimate of drug-likeness (QED) is 0.397. The molecule has 3 N–H and O–H groups in total. The number of carboxylic acid groups (broad SMARTS) is 1. The van der Waals surface area contributed by atoms with Crippen LogP contribution >= 0.6 is 0 Å². The van der Waals surface area contributed by atoms with Gasteiger partial charge in [0.2, 0.25) is 0 Å². The summed E-state index contributed by atoms with van der Waals surface area (Å²) in [7, 11) is 0. The highest BCUT2D eigenvalue weighted by atomic mass is 16.4. The summed E-state index contributed by atoms with van der Waals surface area (Å²) in [4.78, 5) is 12.8. The Morgan fingerprint density at radius 2 is 1.56 bits per heavy atom. The highest BCUT2D eigenvalue weighted by molar-refractivity contribution is 5.76. The maximum atomic E-state index is 12.8. The van der Waals surface area contributed by atoms with Gasteiger partial charge in [0, 0.05) is 0 Å². The van der Waals surface area contributed by atoms with Crippen molar-refractivity contribution >= 4 is 5.97 Å². The first-order valence-electron chi connectivity index (χ1n) is 13.9. The third-order valence-corrected chi connectivity index (χ3v) is 12.9. The van der Waals surface area contributed by atoms with Crippen molar-refractivity contribution in [2.45, 2.75) is 118 Å². The van der Waals surface area contributed by atoms with Crippen LogP contribution in [0, 0.1) is 50.2 Å². The number of aliphatic carboxylic acids is 1. The van der Waals surface area contributed by atoms with Gasteiger partial charge in [0.25, 0.3) is 0 Å². The monoisotopic (exact) mass is 472 g/mol. The van der Waals surface area contributed by atoms with Crippen molar-refractivity contribution in [2.75, 3.05) is 0 Å². The standard InChI is InChI=1S/C30H48O4/c1-25(2)12-14-30(24(33)34)15-13-28(6)18(19(30)16-25)8-9-21-27(5)11-10-22(32)26(3,4)23(27)20(31)17-29(21,28)7/h8,19-23,31-32H,9-17H2,1-7H3,(H,33,34)/t19-,20-,21+,22+,23+,27-,28-,29-,30+/m1/s1. The number of carbonyl (C=O) groups is 1. The lowest BCUT2D eigenvalue weighted by Crippen LogP contribution is -2.68. The molecule has 0 spiro atoms. The van der Waals surface area contributed by atoms with Crippen LogP contribution in [0.3, 0.4) is 0 Å². The van der Waals surface area contributed by atoms with Crippen LogP contribution in [0.2, 0.25) is 0 Å². The van der Waals surface area contributed by atoms with E-state index in [2.05, 4.69) is 54.5 Å². The third-order valence-electron chi connectivity index (χ3n) is 12.9. The molecule has 0 aliphatic heterocycles. The number of fused-ring (bicyclic) bond motifs is 7. The fourth-order valence-corrected chi connectivity index (χ4v) is 10.8. The molecule has 9 atom stereocenters. The molecule has 0 saturated heterocycles. The van der Waals surface area contributed by atoms with Crippen LogP contribution in [0.1, 0.15) is 106 Å². The highest BCUT2D eigenvalue weighted by Gasteiger charge is 2.70. The fraction of sp³-hybridized carbons (Fsp3) is 0.900. The van der Waals surface area contributed by atoms with E-state index in [-0.39, 0.29) is 45.0 Å². The summed E-state index contributed by atoms with van der Waals surface area (Å²) in [6.07, 6.45) is 9.49. The number of allylic oxidation sites excluding steroid dienone is 2. The molecule has 5 rings (SSSR count). The second-order valence-electron chi connectivity index (χ2n) is 15.2. The minimum atomic E-state index is -0.624. The van der Waals surface area contributed by atoms with Crippen LogP contribution in [0.15, 0.2) is 11.6 Å². The number of hydrogen-bond donors (Lipinski definition) is 3. The summed E-state index contributed by atoms with van der Waals surface area (Å²) in [5, 5.41) is 33.1. The Morgan fingerprint density at radius 1 is 0.912 bits per heavy atom. The number of aliphatic hydroxyl groups excluding tert-OH is 2. The van der Waals surface area contributed by atoms with Gasteiger partial charge in [0.05, 0.1) is 17.6 Å². The zero-order valence-corrected chi connectivity index (χ0v) is 22.6. The van der Waals surface area contributed by atoms with Gasteiger partial charge in [0.1, 0.15) is 0 Å². The number of hydrogen-bond acceptors (Lipinski definition) is 3. The van der Waals surface area contributed by atoms with Gasteiger partial charge in [-0.05, 0) is 103 Å². The van der Waals surface area contributed by atoms with E-state index < -0.39 is 17.5 Å². The lowest BCUT2D eigenvalue weighted by Gasteiger charge is -2.72. The zero-order valence-electron chi connectivity index (χ0n) is 22.6. The molecule has 0 aromatic carbocycles. The van der Waals surface area contributed by atoms with Crippen LogP contribution < -0.4 is 0 Å². The van der Waals surface area contributed by atoms with E-state index in [9.17, 15) is 20.1 Å². The van der Waals surface area contributed by atoms with Crippen molar-refractivity contribution in [1.82, 2.24) is 0 Å². The van der Waals surface area contributed by atoms with Gasteiger partial charge in [-0.25, -0.2) is 0 Å². The van der Waals surface area contributed by atoms with E-state index in [1.54, 1.807) is 0 Å². The molecule has 34 heavy (non-hydrogen) atoms.